The number of aliphatic hydroxyl groups excluding tert-OH is 1. The fraction of sp³-hybridized carbons (Fsp3) is 0.600. The van der Waals surface area contributed by atoms with E-state index < -0.39 is 5.97 Å². The third-order valence-electron chi connectivity index (χ3n) is 5.08. The quantitative estimate of drug-likeness (QED) is 0.567. The van der Waals surface area contributed by atoms with Crippen molar-refractivity contribution in [2.75, 3.05) is 37.7 Å². The molecule has 0 amide bonds. The minimum Gasteiger partial charge on any atom is -0.483 e. The molecule has 0 spiro atoms. The van der Waals surface area contributed by atoms with E-state index in [-0.39, 0.29) is 24.7 Å². The lowest BCUT2D eigenvalue weighted by Gasteiger charge is -2.42. The van der Waals surface area contributed by atoms with Gasteiger partial charge in [-0.3, -0.25) is 14.3 Å². The van der Waals surface area contributed by atoms with Crippen LogP contribution in [0, 0.1) is 5.92 Å². The number of aromatic nitrogens is 3. The molecule has 3 rings (SSSR count). The number of pyridine rings is 1. The molecular weight excluding hydrogens is 390 g/mol. The number of fused-ring (bicyclic) bond motifs is 1. The number of anilines is 1. The monoisotopic (exact) mass is 421 g/mol. The first-order chi connectivity index (χ1) is 14.4. The molecule has 10 heteroatoms. The average Bonchev–Trinajstić information content (AvgIpc) is 3.07. The highest BCUT2D eigenvalue weighted by Crippen LogP contribution is 2.25. The topological polar surface area (TPSA) is 132 Å². The molecule has 1 unspecified atom stereocenters. The van der Waals surface area contributed by atoms with Crippen molar-refractivity contribution in [3.8, 4) is 0 Å². The SMILES string of the molecule is CCn1c(N2CCN(CC(C)C)C(CCO)C2)nc2cc(C(=O)O)cnc21.O=CO. The number of hydrogen-bond donors (Lipinski definition) is 3. The van der Waals surface area contributed by atoms with Crippen LogP contribution in [-0.4, -0.2) is 86.0 Å². The van der Waals surface area contributed by atoms with Crippen LogP contribution in [0.15, 0.2) is 12.3 Å². The maximum Gasteiger partial charge on any atom is 0.337 e. The molecule has 0 aromatic carbocycles. The molecule has 1 fully saturated rings. The van der Waals surface area contributed by atoms with Crippen molar-refractivity contribution in [3.63, 3.8) is 0 Å². The van der Waals surface area contributed by atoms with Gasteiger partial charge in [-0.1, -0.05) is 13.8 Å². The average molecular weight is 421 g/mol. The second-order valence-electron chi connectivity index (χ2n) is 7.63. The van der Waals surface area contributed by atoms with Crippen LogP contribution in [0.5, 0.6) is 0 Å². The fourth-order valence-electron chi connectivity index (χ4n) is 3.86. The maximum atomic E-state index is 11.2. The summed E-state index contributed by atoms with van der Waals surface area (Å²) in [7, 11) is 0. The van der Waals surface area contributed by atoms with Gasteiger partial charge < -0.3 is 20.2 Å². The Morgan fingerprint density at radius 2 is 2.07 bits per heavy atom. The van der Waals surface area contributed by atoms with Crippen LogP contribution in [0.3, 0.4) is 0 Å². The van der Waals surface area contributed by atoms with Crippen molar-refractivity contribution in [2.45, 2.75) is 39.8 Å². The Bertz CT molecular complexity index is 853. The standard InChI is InChI=1S/C19H29N5O3.CH2O2/c1-4-24-17-16(9-14(10-20-17)18(26)27)21-19(24)23-7-6-22(11-13(2)3)15(12-23)5-8-25;2-1-3/h9-10,13,15,25H,4-8,11-12H2,1-3H3,(H,26,27);1H,(H,2,3). The molecule has 10 nitrogen and oxygen atoms in total. The summed E-state index contributed by atoms with van der Waals surface area (Å²) in [5.41, 5.74) is 1.46. The van der Waals surface area contributed by atoms with Crippen LogP contribution in [0.2, 0.25) is 0 Å². The first-order valence-corrected chi connectivity index (χ1v) is 10.1. The molecule has 1 aliphatic heterocycles. The van der Waals surface area contributed by atoms with Crippen LogP contribution < -0.4 is 4.90 Å². The second kappa shape index (κ2) is 10.9. The molecule has 166 valence electrons. The van der Waals surface area contributed by atoms with Gasteiger partial charge >= 0.3 is 5.97 Å². The fourth-order valence-corrected chi connectivity index (χ4v) is 3.86. The zero-order chi connectivity index (χ0) is 22.3. The summed E-state index contributed by atoms with van der Waals surface area (Å²) in [5.74, 6) is 0.411. The molecule has 2 aromatic rings. The lowest BCUT2D eigenvalue weighted by Crippen LogP contribution is -2.55. The Balaban J connectivity index is 0.00000101. The van der Waals surface area contributed by atoms with E-state index >= 15 is 0 Å². The van der Waals surface area contributed by atoms with Gasteiger partial charge in [0, 0.05) is 51.6 Å². The maximum absolute atomic E-state index is 11.2. The van der Waals surface area contributed by atoms with E-state index in [9.17, 15) is 15.0 Å². The van der Waals surface area contributed by atoms with Crippen LogP contribution in [0.1, 0.15) is 37.6 Å². The molecule has 30 heavy (non-hydrogen) atoms. The van der Waals surface area contributed by atoms with Gasteiger partial charge in [-0.2, -0.15) is 0 Å². The lowest BCUT2D eigenvalue weighted by molar-refractivity contribution is -0.122. The van der Waals surface area contributed by atoms with Crippen molar-refractivity contribution in [3.05, 3.63) is 17.8 Å². The first kappa shape index (κ1) is 23.6. The van der Waals surface area contributed by atoms with Crippen LogP contribution >= 0.6 is 0 Å². The van der Waals surface area contributed by atoms with Gasteiger partial charge in [0.1, 0.15) is 5.52 Å². The number of rotatable bonds is 7. The van der Waals surface area contributed by atoms with Crippen LogP contribution in [0.25, 0.3) is 11.2 Å². The number of carboxylic acid groups (broad SMARTS) is 2. The van der Waals surface area contributed by atoms with E-state index in [1.54, 1.807) is 6.07 Å². The summed E-state index contributed by atoms with van der Waals surface area (Å²) < 4.78 is 2.04. The van der Waals surface area contributed by atoms with Gasteiger partial charge in [-0.25, -0.2) is 14.8 Å². The van der Waals surface area contributed by atoms with Crippen molar-refractivity contribution >= 4 is 29.6 Å². The van der Waals surface area contributed by atoms with Crippen LogP contribution in [0.4, 0.5) is 5.95 Å². The van der Waals surface area contributed by atoms with Crippen molar-refractivity contribution < 1.29 is 24.9 Å². The number of carboxylic acids is 1. The van der Waals surface area contributed by atoms with Crippen molar-refractivity contribution in [1.29, 1.82) is 0 Å². The Labute approximate surface area is 175 Å². The van der Waals surface area contributed by atoms with Crippen LogP contribution in [-0.2, 0) is 11.3 Å². The molecule has 1 aliphatic rings. The predicted octanol–water partition coefficient (Wildman–Crippen LogP) is 1.38. The first-order valence-electron chi connectivity index (χ1n) is 10.1. The van der Waals surface area contributed by atoms with E-state index in [4.69, 9.17) is 14.9 Å². The predicted molar refractivity (Wildman–Crippen MR) is 113 cm³/mol. The highest BCUT2D eigenvalue weighted by molar-refractivity contribution is 5.91. The van der Waals surface area contributed by atoms with E-state index in [0.717, 1.165) is 38.5 Å². The Morgan fingerprint density at radius 1 is 1.37 bits per heavy atom. The number of aliphatic hydroxyl groups is 1. The summed E-state index contributed by atoms with van der Waals surface area (Å²) >= 11 is 0. The zero-order valence-corrected chi connectivity index (χ0v) is 17.7. The molecular formula is C20H31N5O5. The van der Waals surface area contributed by atoms with Gasteiger partial charge in [-0.15, -0.1) is 0 Å². The number of nitrogens with zero attached hydrogens (tertiary/aromatic N) is 5. The molecule has 3 N–H and O–H groups in total. The number of piperazine rings is 1. The summed E-state index contributed by atoms with van der Waals surface area (Å²) in [6.07, 6.45) is 2.12. The smallest absolute Gasteiger partial charge is 0.337 e. The molecule has 0 bridgehead atoms. The summed E-state index contributed by atoms with van der Waals surface area (Å²) in [4.78, 5) is 33.3. The largest absolute Gasteiger partial charge is 0.483 e. The Morgan fingerprint density at radius 3 is 2.63 bits per heavy atom. The molecule has 0 aliphatic carbocycles. The van der Waals surface area contributed by atoms with E-state index in [2.05, 4.69) is 28.6 Å². The van der Waals surface area contributed by atoms with Crippen molar-refractivity contribution in [2.24, 2.45) is 5.92 Å². The highest BCUT2D eigenvalue weighted by atomic mass is 16.4. The summed E-state index contributed by atoms with van der Waals surface area (Å²) in [6, 6.07) is 1.86. The number of imidazole rings is 1. The van der Waals surface area contributed by atoms with Gasteiger partial charge in [0.15, 0.2) is 5.65 Å². The summed E-state index contributed by atoms with van der Waals surface area (Å²) in [5, 5.41) is 25.6. The van der Waals surface area contributed by atoms with Gasteiger partial charge in [0.25, 0.3) is 6.47 Å². The molecule has 0 saturated carbocycles. The number of carbonyl (C=O) groups is 2. The molecule has 2 aromatic heterocycles. The molecule has 3 heterocycles. The Hall–Kier alpha value is -2.72. The Kier molecular flexibility index (Phi) is 8.55. The minimum absolute atomic E-state index is 0.148. The lowest BCUT2D eigenvalue weighted by atomic mass is 10.1. The van der Waals surface area contributed by atoms with E-state index in [0.29, 0.717) is 23.6 Å². The molecule has 1 saturated heterocycles. The number of aryl methyl sites for hydroxylation is 1. The summed E-state index contributed by atoms with van der Waals surface area (Å²) in [6.45, 7) is 10.7. The molecule has 0 radical (unpaired) electrons. The minimum atomic E-state index is -0.998. The third-order valence-corrected chi connectivity index (χ3v) is 5.08. The zero-order valence-electron chi connectivity index (χ0n) is 17.7. The van der Waals surface area contributed by atoms with Gasteiger partial charge in [0.2, 0.25) is 5.95 Å². The number of hydrogen-bond acceptors (Lipinski definition) is 7. The van der Waals surface area contributed by atoms with E-state index in [1.165, 1.54) is 6.20 Å². The third kappa shape index (κ3) is 5.45. The highest BCUT2D eigenvalue weighted by Gasteiger charge is 2.29. The van der Waals surface area contributed by atoms with Gasteiger partial charge in [-0.05, 0) is 25.3 Å². The van der Waals surface area contributed by atoms with Crippen molar-refractivity contribution in [1.82, 2.24) is 19.4 Å². The second-order valence-corrected chi connectivity index (χ2v) is 7.63. The normalized spacial score (nSPS) is 17.1. The van der Waals surface area contributed by atoms with E-state index in [1.807, 2.05) is 11.5 Å². The van der Waals surface area contributed by atoms with Gasteiger partial charge in [0.05, 0.1) is 5.56 Å². The number of aromatic carboxylic acids is 1. The molecule has 1 atom stereocenters.